The Labute approximate surface area is 126 Å². The van der Waals surface area contributed by atoms with Crippen molar-refractivity contribution in [1.29, 1.82) is 0 Å². The molecule has 1 fully saturated rings. The minimum Gasteiger partial charge on any atom is -0.381 e. The van der Waals surface area contributed by atoms with Crippen molar-refractivity contribution in [2.75, 3.05) is 13.2 Å². The van der Waals surface area contributed by atoms with E-state index in [0.717, 1.165) is 31.6 Å². The molecular weight excluding hydrogens is 336 g/mol. The van der Waals surface area contributed by atoms with E-state index in [9.17, 15) is 10.1 Å². The van der Waals surface area contributed by atoms with E-state index in [4.69, 9.17) is 10.5 Å². The van der Waals surface area contributed by atoms with Gasteiger partial charge in [-0.25, -0.2) is 0 Å². The normalized spacial score (nSPS) is 17.6. The first kappa shape index (κ1) is 16.4. The van der Waals surface area contributed by atoms with Gasteiger partial charge in [0.15, 0.2) is 0 Å². The average Bonchev–Trinajstić information content (AvgIpc) is 2.39. The van der Waals surface area contributed by atoms with Crippen LogP contribution in [0.2, 0.25) is 0 Å². The Morgan fingerprint density at radius 2 is 2.05 bits per heavy atom. The van der Waals surface area contributed by atoms with Gasteiger partial charge in [0, 0.05) is 25.3 Å². The third kappa shape index (κ3) is 3.89. The van der Waals surface area contributed by atoms with Gasteiger partial charge in [-0.3, -0.25) is 10.1 Å². The van der Waals surface area contributed by atoms with Crippen LogP contribution in [-0.4, -0.2) is 18.1 Å². The summed E-state index contributed by atoms with van der Waals surface area (Å²) in [7, 11) is 0. The van der Waals surface area contributed by atoms with Crippen LogP contribution in [0.5, 0.6) is 0 Å². The van der Waals surface area contributed by atoms with Gasteiger partial charge in [0.05, 0.1) is 9.40 Å². The van der Waals surface area contributed by atoms with Gasteiger partial charge in [0.1, 0.15) is 0 Å². The molecule has 1 heterocycles. The summed E-state index contributed by atoms with van der Waals surface area (Å²) in [4.78, 5) is 10.5. The van der Waals surface area contributed by atoms with Crippen molar-refractivity contribution in [2.45, 2.75) is 18.9 Å². The predicted octanol–water partition coefficient (Wildman–Crippen LogP) is 3.21. The van der Waals surface area contributed by atoms with E-state index in [-0.39, 0.29) is 24.1 Å². The van der Waals surface area contributed by atoms with Crippen LogP contribution in [0.3, 0.4) is 0 Å². The van der Waals surface area contributed by atoms with Crippen LogP contribution in [0.25, 0.3) is 0 Å². The fourth-order valence-electron chi connectivity index (χ4n) is 2.22. The number of benzene rings is 1. The molecule has 1 saturated heterocycles. The smallest absolute Gasteiger partial charge is 0.283 e. The summed E-state index contributed by atoms with van der Waals surface area (Å²) in [5, 5.41) is 10.9. The Balaban J connectivity index is 0.00000180. The quantitative estimate of drug-likeness (QED) is 0.670. The first-order valence-electron chi connectivity index (χ1n) is 5.86. The maximum absolute atomic E-state index is 10.9. The summed E-state index contributed by atoms with van der Waals surface area (Å²) in [6.07, 6.45) is 1.82. The average molecular weight is 352 g/mol. The molecule has 1 atom stereocenters. The highest BCUT2D eigenvalue weighted by Gasteiger charge is 2.24. The standard InChI is InChI=1S/C12H15BrN2O3.ClH/c13-10-2-1-9(7-11(10)15(16)17)12(14)8-3-5-18-6-4-8;/h1-2,7-8,12H,3-6,14H2;1H/t12-;/m0./s1. The molecule has 1 aromatic carbocycles. The molecule has 1 aliphatic heterocycles. The highest BCUT2D eigenvalue weighted by atomic mass is 79.9. The molecule has 2 rings (SSSR count). The summed E-state index contributed by atoms with van der Waals surface area (Å²) in [5.41, 5.74) is 7.08. The molecule has 0 saturated carbocycles. The molecule has 0 amide bonds. The number of nitrogens with two attached hydrogens (primary N) is 1. The van der Waals surface area contributed by atoms with E-state index < -0.39 is 4.92 Å². The zero-order valence-electron chi connectivity index (χ0n) is 10.3. The molecule has 19 heavy (non-hydrogen) atoms. The Bertz CT molecular complexity index is 453. The summed E-state index contributed by atoms with van der Waals surface area (Å²) >= 11 is 3.17. The number of nitrogens with zero attached hydrogens (tertiary/aromatic N) is 1. The number of ether oxygens (including phenoxy) is 1. The molecule has 1 aromatic rings. The highest BCUT2D eigenvalue weighted by molar-refractivity contribution is 9.10. The molecular formula is C12H16BrClN2O3. The van der Waals surface area contributed by atoms with E-state index in [1.165, 1.54) is 0 Å². The Kier molecular flexibility index (Phi) is 6.19. The van der Waals surface area contributed by atoms with Gasteiger partial charge in [0.25, 0.3) is 5.69 Å². The van der Waals surface area contributed by atoms with E-state index >= 15 is 0 Å². The van der Waals surface area contributed by atoms with Crippen molar-refractivity contribution in [3.8, 4) is 0 Å². The zero-order chi connectivity index (χ0) is 13.1. The molecule has 2 N–H and O–H groups in total. The summed E-state index contributed by atoms with van der Waals surface area (Å²) < 4.78 is 5.78. The molecule has 0 bridgehead atoms. The molecule has 1 aliphatic rings. The van der Waals surface area contributed by atoms with Crippen LogP contribution in [0.4, 0.5) is 5.69 Å². The monoisotopic (exact) mass is 350 g/mol. The molecule has 106 valence electrons. The van der Waals surface area contributed by atoms with Gasteiger partial charge >= 0.3 is 0 Å². The van der Waals surface area contributed by atoms with E-state index in [1.54, 1.807) is 12.1 Å². The number of halogens is 2. The third-order valence-corrected chi connectivity index (χ3v) is 4.00. The van der Waals surface area contributed by atoms with Crippen molar-refractivity contribution in [3.63, 3.8) is 0 Å². The van der Waals surface area contributed by atoms with E-state index in [2.05, 4.69) is 15.9 Å². The second-order valence-electron chi connectivity index (χ2n) is 4.44. The predicted molar refractivity (Wildman–Crippen MR) is 78.5 cm³/mol. The number of hydrogen-bond donors (Lipinski definition) is 1. The molecule has 0 unspecified atom stereocenters. The van der Waals surface area contributed by atoms with Crippen molar-refractivity contribution in [2.24, 2.45) is 11.7 Å². The van der Waals surface area contributed by atoms with Gasteiger partial charge in [-0.05, 0) is 46.3 Å². The lowest BCUT2D eigenvalue weighted by atomic mass is 9.88. The van der Waals surface area contributed by atoms with Crippen LogP contribution in [0, 0.1) is 16.0 Å². The first-order valence-corrected chi connectivity index (χ1v) is 6.66. The lowest BCUT2D eigenvalue weighted by molar-refractivity contribution is -0.385. The van der Waals surface area contributed by atoms with Crippen molar-refractivity contribution >= 4 is 34.0 Å². The van der Waals surface area contributed by atoms with Gasteiger partial charge in [-0.2, -0.15) is 0 Å². The Morgan fingerprint density at radius 3 is 2.63 bits per heavy atom. The van der Waals surface area contributed by atoms with E-state index in [1.807, 2.05) is 6.07 Å². The Morgan fingerprint density at radius 1 is 1.42 bits per heavy atom. The maximum Gasteiger partial charge on any atom is 0.283 e. The number of hydrogen-bond acceptors (Lipinski definition) is 4. The molecule has 0 aromatic heterocycles. The van der Waals surface area contributed by atoms with Gasteiger partial charge < -0.3 is 10.5 Å². The van der Waals surface area contributed by atoms with Gasteiger partial charge in [-0.1, -0.05) is 6.07 Å². The fourth-order valence-corrected chi connectivity index (χ4v) is 2.62. The second kappa shape index (κ2) is 7.19. The SMILES string of the molecule is Cl.N[C@H](c1ccc(Br)c([N+](=O)[O-])c1)C1CCOCC1. The minimum absolute atomic E-state index is 0. The summed E-state index contributed by atoms with van der Waals surface area (Å²) in [6, 6.07) is 4.93. The number of rotatable bonds is 3. The van der Waals surface area contributed by atoms with Gasteiger partial charge in [-0.15, -0.1) is 12.4 Å². The fraction of sp³-hybridized carbons (Fsp3) is 0.500. The third-order valence-electron chi connectivity index (χ3n) is 3.33. The molecule has 0 aliphatic carbocycles. The largest absolute Gasteiger partial charge is 0.381 e. The van der Waals surface area contributed by atoms with Crippen molar-refractivity contribution < 1.29 is 9.66 Å². The zero-order valence-corrected chi connectivity index (χ0v) is 12.7. The van der Waals surface area contributed by atoms with Crippen molar-refractivity contribution in [1.82, 2.24) is 0 Å². The van der Waals surface area contributed by atoms with Crippen LogP contribution >= 0.6 is 28.3 Å². The second-order valence-corrected chi connectivity index (χ2v) is 5.30. The van der Waals surface area contributed by atoms with Crippen LogP contribution in [-0.2, 0) is 4.74 Å². The molecule has 0 spiro atoms. The number of nitro groups is 1. The van der Waals surface area contributed by atoms with Gasteiger partial charge in [0.2, 0.25) is 0 Å². The first-order chi connectivity index (χ1) is 8.59. The maximum atomic E-state index is 10.9. The van der Waals surface area contributed by atoms with Crippen LogP contribution in [0.1, 0.15) is 24.4 Å². The Hall–Kier alpha value is -0.690. The van der Waals surface area contributed by atoms with Crippen molar-refractivity contribution in [3.05, 3.63) is 38.3 Å². The lowest BCUT2D eigenvalue weighted by Gasteiger charge is -2.27. The topological polar surface area (TPSA) is 78.4 Å². The molecule has 7 heteroatoms. The summed E-state index contributed by atoms with van der Waals surface area (Å²) in [5.74, 6) is 0.333. The highest BCUT2D eigenvalue weighted by Crippen LogP contribution is 2.32. The lowest BCUT2D eigenvalue weighted by Crippen LogP contribution is -2.27. The minimum atomic E-state index is -0.399. The molecule has 0 radical (unpaired) electrons. The van der Waals surface area contributed by atoms with E-state index in [0.29, 0.717) is 10.4 Å². The van der Waals surface area contributed by atoms with Crippen LogP contribution in [0.15, 0.2) is 22.7 Å². The number of nitro benzene ring substituents is 1. The van der Waals surface area contributed by atoms with Crippen LogP contribution < -0.4 is 5.73 Å². The summed E-state index contributed by atoms with van der Waals surface area (Å²) in [6.45, 7) is 1.44. The molecule has 5 nitrogen and oxygen atoms in total.